The predicted molar refractivity (Wildman–Crippen MR) is 63.2 cm³/mol. The molecular formula is C11H19N3O4. The Bertz CT molecular complexity index is 341. The van der Waals surface area contributed by atoms with Crippen molar-refractivity contribution in [2.75, 3.05) is 39.8 Å². The zero-order valence-electron chi connectivity index (χ0n) is 10.4. The molecule has 0 saturated carbocycles. The standard InChI is InChI=1S/C11H19N3O4/c1-12-2-4-13(5-3-12)11(18)14-7-8(15)6-9(14)10(16)17/h8-9,15H,2-7H2,1H3,(H,16,17)/t8-,9-/m0/s1. The summed E-state index contributed by atoms with van der Waals surface area (Å²) < 4.78 is 0. The van der Waals surface area contributed by atoms with Crippen molar-refractivity contribution in [3.05, 3.63) is 0 Å². The number of carboxylic acid groups (broad SMARTS) is 1. The Labute approximate surface area is 106 Å². The minimum Gasteiger partial charge on any atom is -0.480 e. The molecule has 0 radical (unpaired) electrons. The Hall–Kier alpha value is -1.34. The van der Waals surface area contributed by atoms with Gasteiger partial charge in [-0.1, -0.05) is 0 Å². The van der Waals surface area contributed by atoms with E-state index in [-0.39, 0.29) is 19.0 Å². The summed E-state index contributed by atoms with van der Waals surface area (Å²) in [5, 5.41) is 18.6. The number of likely N-dealkylation sites (tertiary alicyclic amines) is 1. The van der Waals surface area contributed by atoms with Gasteiger partial charge in [0.25, 0.3) is 0 Å². The van der Waals surface area contributed by atoms with Crippen LogP contribution in [0.5, 0.6) is 0 Å². The normalized spacial score (nSPS) is 29.7. The maximum atomic E-state index is 12.2. The van der Waals surface area contributed by atoms with E-state index >= 15 is 0 Å². The molecule has 0 bridgehead atoms. The van der Waals surface area contributed by atoms with Crippen molar-refractivity contribution in [3.8, 4) is 0 Å². The van der Waals surface area contributed by atoms with Gasteiger partial charge in [-0.2, -0.15) is 0 Å². The van der Waals surface area contributed by atoms with Crippen molar-refractivity contribution in [2.24, 2.45) is 0 Å². The number of rotatable bonds is 1. The van der Waals surface area contributed by atoms with Crippen molar-refractivity contribution in [3.63, 3.8) is 0 Å². The summed E-state index contributed by atoms with van der Waals surface area (Å²) in [4.78, 5) is 28.4. The number of β-amino-alcohol motifs (C(OH)–C–C–N with tert-alkyl or cyclic N) is 1. The molecule has 2 aliphatic heterocycles. The number of carbonyl (C=O) groups is 2. The number of hydrogen-bond acceptors (Lipinski definition) is 4. The summed E-state index contributed by atoms with van der Waals surface area (Å²) in [5.74, 6) is -1.05. The number of urea groups is 1. The highest BCUT2D eigenvalue weighted by Crippen LogP contribution is 2.20. The molecule has 2 aliphatic rings. The van der Waals surface area contributed by atoms with Gasteiger partial charge in [-0.05, 0) is 7.05 Å². The maximum absolute atomic E-state index is 12.2. The van der Waals surface area contributed by atoms with E-state index < -0.39 is 18.1 Å². The molecule has 102 valence electrons. The van der Waals surface area contributed by atoms with Gasteiger partial charge in [0.05, 0.1) is 6.10 Å². The molecule has 2 fully saturated rings. The molecule has 0 aromatic heterocycles. The number of hydrogen-bond donors (Lipinski definition) is 2. The van der Waals surface area contributed by atoms with Crippen LogP contribution in [0.1, 0.15) is 6.42 Å². The molecule has 2 heterocycles. The summed E-state index contributed by atoms with van der Waals surface area (Å²) in [6, 6.07) is -1.17. The summed E-state index contributed by atoms with van der Waals surface area (Å²) in [6.07, 6.45) is -0.614. The lowest BCUT2D eigenvalue weighted by atomic mass is 10.2. The van der Waals surface area contributed by atoms with Gasteiger partial charge in [-0.25, -0.2) is 9.59 Å². The van der Waals surface area contributed by atoms with Crippen molar-refractivity contribution in [1.82, 2.24) is 14.7 Å². The molecule has 2 atom stereocenters. The third kappa shape index (κ3) is 2.56. The minimum absolute atomic E-state index is 0.113. The van der Waals surface area contributed by atoms with Crippen LogP contribution in [-0.2, 0) is 4.79 Å². The highest BCUT2D eigenvalue weighted by atomic mass is 16.4. The topological polar surface area (TPSA) is 84.3 Å². The number of aliphatic hydroxyl groups is 1. The Morgan fingerprint density at radius 1 is 1.17 bits per heavy atom. The Morgan fingerprint density at radius 2 is 1.78 bits per heavy atom. The second-order valence-electron chi connectivity index (χ2n) is 4.97. The van der Waals surface area contributed by atoms with Crippen LogP contribution >= 0.6 is 0 Å². The largest absolute Gasteiger partial charge is 0.480 e. The number of aliphatic carboxylic acids is 1. The molecular weight excluding hydrogens is 238 g/mol. The van der Waals surface area contributed by atoms with Crippen LogP contribution < -0.4 is 0 Å². The summed E-state index contributed by atoms with van der Waals surface area (Å²) in [6.45, 7) is 2.91. The van der Waals surface area contributed by atoms with E-state index in [1.54, 1.807) is 4.90 Å². The van der Waals surface area contributed by atoms with Gasteiger partial charge in [-0.15, -0.1) is 0 Å². The fourth-order valence-corrected chi connectivity index (χ4v) is 2.44. The average Bonchev–Trinajstić information content (AvgIpc) is 2.71. The lowest BCUT2D eigenvalue weighted by molar-refractivity contribution is -0.141. The number of carboxylic acids is 1. The third-order valence-electron chi connectivity index (χ3n) is 3.58. The molecule has 2 rings (SSSR count). The first kappa shape index (κ1) is 13.1. The van der Waals surface area contributed by atoms with Crippen LogP contribution in [-0.4, -0.2) is 88.8 Å². The number of piperazine rings is 1. The average molecular weight is 257 g/mol. The van der Waals surface area contributed by atoms with Gasteiger partial charge in [0.1, 0.15) is 6.04 Å². The van der Waals surface area contributed by atoms with Crippen molar-refractivity contribution in [2.45, 2.75) is 18.6 Å². The van der Waals surface area contributed by atoms with E-state index in [4.69, 9.17) is 5.11 Å². The number of likely N-dealkylation sites (N-methyl/N-ethyl adjacent to an activating group) is 1. The zero-order chi connectivity index (χ0) is 13.3. The fourth-order valence-electron chi connectivity index (χ4n) is 2.44. The van der Waals surface area contributed by atoms with Crippen LogP contribution in [0.4, 0.5) is 4.79 Å². The Morgan fingerprint density at radius 3 is 2.33 bits per heavy atom. The SMILES string of the molecule is CN1CCN(C(=O)N2C[C@@H](O)C[C@H]2C(=O)O)CC1. The number of aliphatic hydroxyl groups excluding tert-OH is 1. The molecule has 7 heteroatoms. The van der Waals surface area contributed by atoms with Gasteiger partial charge >= 0.3 is 12.0 Å². The number of carbonyl (C=O) groups excluding carboxylic acids is 1. The van der Waals surface area contributed by atoms with Crippen molar-refractivity contribution in [1.29, 1.82) is 0 Å². The fraction of sp³-hybridized carbons (Fsp3) is 0.818. The van der Waals surface area contributed by atoms with Gasteiger partial charge in [0, 0.05) is 39.1 Å². The van der Waals surface area contributed by atoms with E-state index in [1.807, 2.05) is 7.05 Å². The van der Waals surface area contributed by atoms with Crippen LogP contribution in [0.25, 0.3) is 0 Å². The molecule has 2 saturated heterocycles. The maximum Gasteiger partial charge on any atom is 0.326 e. The lowest BCUT2D eigenvalue weighted by Crippen LogP contribution is -2.54. The smallest absolute Gasteiger partial charge is 0.326 e. The third-order valence-corrected chi connectivity index (χ3v) is 3.58. The molecule has 18 heavy (non-hydrogen) atoms. The first-order chi connectivity index (χ1) is 8.49. The van der Waals surface area contributed by atoms with E-state index in [0.29, 0.717) is 13.1 Å². The highest BCUT2D eigenvalue weighted by Gasteiger charge is 2.40. The molecule has 0 aromatic rings. The predicted octanol–water partition coefficient (Wildman–Crippen LogP) is -1.13. The van der Waals surface area contributed by atoms with Gasteiger partial charge in [0.2, 0.25) is 0 Å². The first-order valence-corrected chi connectivity index (χ1v) is 6.14. The molecule has 7 nitrogen and oxygen atoms in total. The molecule has 0 aromatic carbocycles. The second-order valence-corrected chi connectivity index (χ2v) is 4.97. The van der Waals surface area contributed by atoms with E-state index in [0.717, 1.165) is 13.1 Å². The van der Waals surface area contributed by atoms with E-state index in [2.05, 4.69) is 4.90 Å². The van der Waals surface area contributed by atoms with E-state index in [9.17, 15) is 14.7 Å². The van der Waals surface area contributed by atoms with Crippen LogP contribution in [0.2, 0.25) is 0 Å². The lowest BCUT2D eigenvalue weighted by Gasteiger charge is -2.35. The molecule has 0 spiro atoms. The molecule has 2 amide bonds. The van der Waals surface area contributed by atoms with Crippen LogP contribution in [0.3, 0.4) is 0 Å². The minimum atomic E-state index is -1.05. The van der Waals surface area contributed by atoms with Gasteiger partial charge < -0.3 is 24.9 Å². The molecule has 0 aliphatic carbocycles. The first-order valence-electron chi connectivity index (χ1n) is 6.14. The summed E-state index contributed by atoms with van der Waals surface area (Å²) >= 11 is 0. The number of amides is 2. The van der Waals surface area contributed by atoms with E-state index in [1.165, 1.54) is 4.90 Å². The zero-order valence-corrected chi connectivity index (χ0v) is 10.4. The second kappa shape index (κ2) is 5.11. The Kier molecular flexibility index (Phi) is 3.72. The monoisotopic (exact) mass is 257 g/mol. The molecule has 0 unspecified atom stereocenters. The Balaban J connectivity index is 2.01. The number of nitrogens with zero attached hydrogens (tertiary/aromatic N) is 3. The van der Waals surface area contributed by atoms with Crippen LogP contribution in [0.15, 0.2) is 0 Å². The van der Waals surface area contributed by atoms with Crippen LogP contribution in [0, 0.1) is 0 Å². The van der Waals surface area contributed by atoms with Gasteiger partial charge in [0.15, 0.2) is 0 Å². The van der Waals surface area contributed by atoms with Gasteiger partial charge in [-0.3, -0.25) is 0 Å². The summed E-state index contributed by atoms with van der Waals surface area (Å²) in [7, 11) is 1.99. The van der Waals surface area contributed by atoms with Crippen molar-refractivity contribution < 1.29 is 19.8 Å². The molecule has 2 N–H and O–H groups in total. The summed E-state index contributed by atoms with van der Waals surface area (Å²) in [5.41, 5.74) is 0. The highest BCUT2D eigenvalue weighted by molar-refractivity contribution is 5.83. The van der Waals surface area contributed by atoms with Crippen molar-refractivity contribution >= 4 is 12.0 Å². The quantitative estimate of drug-likeness (QED) is 0.621.